The van der Waals surface area contributed by atoms with Crippen LogP contribution >= 0.6 is 0 Å². The van der Waals surface area contributed by atoms with Crippen LogP contribution in [-0.2, 0) is 19.3 Å². The molecule has 4 heavy (non-hydrogen) atoms. The average molecular weight is 161 g/mol. The van der Waals surface area contributed by atoms with Gasteiger partial charge < -0.3 is 0 Å². The van der Waals surface area contributed by atoms with E-state index in [2.05, 4.69) is 15.7 Å². The third-order valence-corrected chi connectivity index (χ3v) is 0. The van der Waals surface area contributed by atoms with E-state index in [1.54, 1.807) is 5.86 Å². The summed E-state index contributed by atoms with van der Waals surface area (Å²) in [7, 11) is 0. The van der Waals surface area contributed by atoms with Crippen LogP contribution in [0.1, 0.15) is 0 Å². The predicted molar refractivity (Wildman–Crippen MR) is 13.7 cm³/mol. The first kappa shape index (κ1) is 8.87. The molecule has 26 valence electrons. The molecule has 0 aliphatic rings. The van der Waals surface area contributed by atoms with Crippen LogP contribution in [0.5, 0.6) is 0 Å². The van der Waals surface area contributed by atoms with Crippen LogP contribution in [0.3, 0.4) is 0 Å². The molecule has 0 amide bonds. The van der Waals surface area contributed by atoms with E-state index in [1.807, 2.05) is 0 Å². The molecule has 0 spiro atoms. The van der Waals surface area contributed by atoms with Crippen LogP contribution in [0, 0.1) is 0 Å². The van der Waals surface area contributed by atoms with Gasteiger partial charge in [-0.05, 0) is 0 Å². The van der Waals surface area contributed by atoms with Crippen molar-refractivity contribution >= 4 is 18.6 Å². The molecule has 0 saturated carbocycles. The van der Waals surface area contributed by atoms with Gasteiger partial charge in [0.15, 0.2) is 0 Å². The van der Waals surface area contributed by atoms with E-state index in [0.29, 0.717) is 0 Å². The molecular weight excluding hydrogens is 157 g/mol. The molecular formula is CH4CoGaO. The van der Waals surface area contributed by atoms with E-state index in [4.69, 9.17) is 3.54 Å². The summed E-state index contributed by atoms with van der Waals surface area (Å²) >= 11 is 3.69. The fourth-order valence-corrected chi connectivity index (χ4v) is 0. The minimum atomic E-state index is 0.125. The Hall–Kier alpha value is 0.943. The molecule has 0 unspecified atom stereocenters. The first-order valence-corrected chi connectivity index (χ1v) is 2.87. The Balaban J connectivity index is 0. The summed E-state index contributed by atoms with van der Waals surface area (Å²) in [5.41, 5.74) is 0. The van der Waals surface area contributed by atoms with Gasteiger partial charge in [0.05, 0.1) is 0 Å². The van der Waals surface area contributed by atoms with Gasteiger partial charge in [-0.25, -0.2) is 0 Å². The van der Waals surface area contributed by atoms with Gasteiger partial charge in [-0.3, -0.25) is 0 Å². The van der Waals surface area contributed by atoms with E-state index in [-0.39, 0.29) is 18.6 Å². The van der Waals surface area contributed by atoms with Gasteiger partial charge >= 0.3 is 43.7 Å². The molecule has 0 aromatic heterocycles. The van der Waals surface area contributed by atoms with Crippen molar-refractivity contribution in [1.82, 2.24) is 0 Å². The van der Waals surface area contributed by atoms with Crippen molar-refractivity contribution < 1.29 is 19.3 Å². The summed E-state index contributed by atoms with van der Waals surface area (Å²) in [6.07, 6.45) is 0. The van der Waals surface area contributed by atoms with Crippen molar-refractivity contribution in [1.29, 1.82) is 0 Å². The van der Waals surface area contributed by atoms with E-state index < -0.39 is 0 Å². The summed E-state index contributed by atoms with van der Waals surface area (Å²) in [6.45, 7) is 0. The summed E-state index contributed by atoms with van der Waals surface area (Å²) < 4.78 is 8.38. The van der Waals surface area contributed by atoms with Gasteiger partial charge in [-0.2, -0.15) is 0 Å². The van der Waals surface area contributed by atoms with Crippen LogP contribution in [0.2, 0.25) is 5.86 Å². The quantitative estimate of drug-likeness (QED) is 0.450. The molecule has 0 aromatic rings. The Morgan fingerprint density at radius 2 is 1.50 bits per heavy atom. The second kappa shape index (κ2) is 38.4. The van der Waals surface area contributed by atoms with Crippen LogP contribution in [0.15, 0.2) is 0 Å². The SMILES string of the molecule is [CH3][Co].[O]=[GaH]. The molecule has 0 bridgehead atoms. The Kier molecular flexibility index (Phi) is 85.2. The van der Waals surface area contributed by atoms with E-state index in [0.717, 1.165) is 0 Å². The molecule has 3 heteroatoms. The molecule has 0 atom stereocenters. The maximum absolute atomic E-state index is 8.38. The summed E-state index contributed by atoms with van der Waals surface area (Å²) in [5.74, 6) is 1.69. The second-order valence-electron chi connectivity index (χ2n) is 0. The van der Waals surface area contributed by atoms with Crippen LogP contribution in [0.25, 0.3) is 0 Å². The van der Waals surface area contributed by atoms with Gasteiger partial charge in [0.25, 0.3) is 0 Å². The third-order valence-electron chi connectivity index (χ3n) is 0. The summed E-state index contributed by atoms with van der Waals surface area (Å²) in [5, 5.41) is 0. The topological polar surface area (TPSA) is 17.1 Å². The predicted octanol–water partition coefficient (Wildman–Crippen LogP) is -0.186. The summed E-state index contributed by atoms with van der Waals surface area (Å²) in [4.78, 5) is 0. The summed E-state index contributed by atoms with van der Waals surface area (Å²) in [6, 6.07) is 0. The zero-order valence-electron chi connectivity index (χ0n) is 2.45. The van der Waals surface area contributed by atoms with Crippen molar-refractivity contribution in [2.75, 3.05) is 0 Å². The normalized spacial score (nSPS) is 2.50. The van der Waals surface area contributed by atoms with Crippen molar-refractivity contribution in [2.45, 2.75) is 5.86 Å². The molecule has 0 N–H and O–H groups in total. The Morgan fingerprint density at radius 1 is 1.50 bits per heavy atom. The van der Waals surface area contributed by atoms with Crippen molar-refractivity contribution in [3.05, 3.63) is 0 Å². The standard InChI is InChI=1S/CH3.Co.Ga.O.H/h1H3;;;;. The van der Waals surface area contributed by atoms with Gasteiger partial charge in [0.2, 0.25) is 0 Å². The first-order valence-electron chi connectivity index (χ1n) is 0.622. The maximum atomic E-state index is 8.38. The molecule has 0 fully saturated rings. The first-order chi connectivity index (χ1) is 2.00. The molecule has 1 nitrogen and oxygen atoms in total. The zero-order chi connectivity index (χ0) is 4.00. The van der Waals surface area contributed by atoms with Crippen molar-refractivity contribution in [2.24, 2.45) is 0 Å². The van der Waals surface area contributed by atoms with Gasteiger partial charge in [-0.1, -0.05) is 0 Å². The minimum absolute atomic E-state index is 0.125. The molecule has 0 aromatic carbocycles. The molecule has 0 rings (SSSR count). The Labute approximate surface area is 43.9 Å². The number of hydrogen-bond acceptors (Lipinski definition) is 1. The van der Waals surface area contributed by atoms with Crippen LogP contribution < -0.4 is 0 Å². The Bertz CT molecular complexity index is 8.00. The van der Waals surface area contributed by atoms with E-state index in [9.17, 15) is 0 Å². The fraction of sp³-hybridized carbons (Fsp3) is 1.00. The number of hydrogen-bond donors (Lipinski definition) is 0. The molecule has 0 aliphatic heterocycles. The fourth-order valence-electron chi connectivity index (χ4n) is 0. The zero-order valence-corrected chi connectivity index (χ0v) is 6.46. The molecule has 0 radical (unpaired) electrons. The van der Waals surface area contributed by atoms with Gasteiger partial charge in [-0.15, -0.1) is 0 Å². The average Bonchev–Trinajstić information content (AvgIpc) is 1.50. The second-order valence-corrected chi connectivity index (χ2v) is 0. The molecule has 0 aliphatic carbocycles. The monoisotopic (exact) mass is 160 g/mol. The van der Waals surface area contributed by atoms with Gasteiger partial charge in [0, 0.05) is 0 Å². The van der Waals surface area contributed by atoms with Crippen molar-refractivity contribution in [3.8, 4) is 0 Å². The van der Waals surface area contributed by atoms with Crippen LogP contribution in [-0.4, -0.2) is 18.6 Å². The van der Waals surface area contributed by atoms with Gasteiger partial charge in [0.1, 0.15) is 0 Å². The molecule has 0 heterocycles. The number of rotatable bonds is 0. The van der Waals surface area contributed by atoms with E-state index >= 15 is 0 Å². The van der Waals surface area contributed by atoms with Crippen molar-refractivity contribution in [3.63, 3.8) is 0 Å². The third kappa shape index (κ3) is 12.5. The Morgan fingerprint density at radius 3 is 1.50 bits per heavy atom. The van der Waals surface area contributed by atoms with E-state index in [1.165, 1.54) is 0 Å². The van der Waals surface area contributed by atoms with Crippen LogP contribution in [0.4, 0.5) is 0 Å². The molecule has 0 saturated heterocycles.